The highest BCUT2D eigenvalue weighted by Crippen LogP contribution is 2.24. The van der Waals surface area contributed by atoms with Gasteiger partial charge in [-0.15, -0.1) is 11.6 Å². The summed E-state index contributed by atoms with van der Waals surface area (Å²) in [7, 11) is 0. The molecule has 0 aliphatic carbocycles. The molecule has 1 aliphatic heterocycles. The monoisotopic (exact) mass is 261 g/mol. The summed E-state index contributed by atoms with van der Waals surface area (Å²) < 4.78 is 5.28. The molecule has 0 aromatic rings. The summed E-state index contributed by atoms with van der Waals surface area (Å²) in [6, 6.07) is 0. The van der Waals surface area contributed by atoms with E-state index in [9.17, 15) is 9.59 Å². The number of rotatable bonds is 2. The third-order valence-corrected chi connectivity index (χ3v) is 3.23. The SMILES string of the molecule is CC(C)(C)OC(=O)N1CCC([C@H](Cl)C=O)CC1. The van der Waals surface area contributed by atoms with Crippen molar-refractivity contribution < 1.29 is 14.3 Å². The first-order valence-corrected chi connectivity index (χ1v) is 6.34. The maximum atomic E-state index is 11.8. The standard InChI is InChI=1S/C12H20ClNO3/c1-12(2,3)17-11(16)14-6-4-9(5-7-14)10(13)8-15/h8-10H,4-7H2,1-3H3/t10-/m1/s1. The predicted molar refractivity (Wildman–Crippen MR) is 66.2 cm³/mol. The number of hydrogen-bond acceptors (Lipinski definition) is 3. The molecule has 17 heavy (non-hydrogen) atoms. The summed E-state index contributed by atoms with van der Waals surface area (Å²) in [5, 5.41) is -0.434. The number of aldehydes is 1. The highest BCUT2D eigenvalue weighted by Gasteiger charge is 2.29. The molecule has 5 heteroatoms. The normalized spacial score (nSPS) is 19.9. The van der Waals surface area contributed by atoms with Crippen molar-refractivity contribution in [3.63, 3.8) is 0 Å². The largest absolute Gasteiger partial charge is 0.444 e. The van der Waals surface area contributed by atoms with Crippen LogP contribution in [0.5, 0.6) is 0 Å². The fourth-order valence-corrected chi connectivity index (χ4v) is 2.09. The van der Waals surface area contributed by atoms with E-state index >= 15 is 0 Å². The molecule has 0 aromatic heterocycles. The Labute approximate surface area is 107 Å². The van der Waals surface area contributed by atoms with Crippen LogP contribution in [0, 0.1) is 5.92 Å². The average molecular weight is 262 g/mol. The Morgan fingerprint density at radius 3 is 2.35 bits per heavy atom. The van der Waals surface area contributed by atoms with Gasteiger partial charge in [0.05, 0.1) is 5.38 Å². The first-order valence-electron chi connectivity index (χ1n) is 5.91. The van der Waals surface area contributed by atoms with Crippen LogP contribution in [0.3, 0.4) is 0 Å². The van der Waals surface area contributed by atoms with E-state index in [1.807, 2.05) is 20.8 Å². The zero-order chi connectivity index (χ0) is 13.1. The molecule has 1 fully saturated rings. The third kappa shape index (κ3) is 4.54. The lowest BCUT2D eigenvalue weighted by Crippen LogP contribution is -2.43. The number of carbonyl (C=O) groups is 2. The first kappa shape index (κ1) is 14.3. The van der Waals surface area contributed by atoms with E-state index in [-0.39, 0.29) is 12.0 Å². The van der Waals surface area contributed by atoms with Gasteiger partial charge in [0, 0.05) is 13.1 Å². The molecule has 1 amide bonds. The number of carbonyl (C=O) groups excluding carboxylic acids is 2. The van der Waals surface area contributed by atoms with Crippen molar-refractivity contribution in [2.24, 2.45) is 5.92 Å². The van der Waals surface area contributed by atoms with Gasteiger partial charge in [-0.25, -0.2) is 4.79 Å². The van der Waals surface area contributed by atoms with Crippen LogP contribution in [-0.4, -0.2) is 41.3 Å². The Morgan fingerprint density at radius 2 is 1.94 bits per heavy atom. The average Bonchev–Trinajstić information content (AvgIpc) is 2.26. The van der Waals surface area contributed by atoms with E-state index in [4.69, 9.17) is 16.3 Å². The molecular formula is C12H20ClNO3. The van der Waals surface area contributed by atoms with Gasteiger partial charge < -0.3 is 14.4 Å². The molecule has 0 N–H and O–H groups in total. The summed E-state index contributed by atoms with van der Waals surface area (Å²) in [4.78, 5) is 24.0. The number of halogens is 1. The Kier molecular flexibility index (Phi) is 4.80. The van der Waals surface area contributed by atoms with Crippen LogP contribution in [0.1, 0.15) is 33.6 Å². The lowest BCUT2D eigenvalue weighted by molar-refractivity contribution is -0.108. The van der Waals surface area contributed by atoms with Crippen LogP contribution in [0.25, 0.3) is 0 Å². The summed E-state index contributed by atoms with van der Waals surface area (Å²) in [5.74, 6) is 0.174. The van der Waals surface area contributed by atoms with E-state index in [0.717, 1.165) is 19.1 Å². The number of ether oxygens (including phenoxy) is 1. The number of piperidine rings is 1. The first-order chi connectivity index (χ1) is 7.83. The molecule has 1 rings (SSSR count). The second kappa shape index (κ2) is 5.71. The minimum absolute atomic E-state index is 0.174. The zero-order valence-electron chi connectivity index (χ0n) is 10.6. The molecule has 1 saturated heterocycles. The molecule has 98 valence electrons. The molecule has 1 aliphatic rings. The molecule has 0 saturated carbocycles. The van der Waals surface area contributed by atoms with Gasteiger partial charge in [-0.05, 0) is 39.5 Å². The summed E-state index contributed by atoms with van der Waals surface area (Å²) in [5.41, 5.74) is -0.467. The minimum atomic E-state index is -0.467. The van der Waals surface area contributed by atoms with Crippen molar-refractivity contribution in [2.75, 3.05) is 13.1 Å². The Hall–Kier alpha value is -0.770. The van der Waals surface area contributed by atoms with Gasteiger partial charge in [0.1, 0.15) is 11.9 Å². The summed E-state index contributed by atoms with van der Waals surface area (Å²) in [6.45, 7) is 6.75. The Bertz CT molecular complexity index is 280. The lowest BCUT2D eigenvalue weighted by Gasteiger charge is -2.33. The van der Waals surface area contributed by atoms with Crippen molar-refractivity contribution in [3.8, 4) is 0 Å². The van der Waals surface area contributed by atoms with Crippen LogP contribution in [-0.2, 0) is 9.53 Å². The van der Waals surface area contributed by atoms with Gasteiger partial charge in [0.2, 0.25) is 0 Å². The third-order valence-electron chi connectivity index (χ3n) is 2.77. The van der Waals surface area contributed by atoms with Crippen molar-refractivity contribution in [2.45, 2.75) is 44.6 Å². The van der Waals surface area contributed by atoms with Crippen LogP contribution >= 0.6 is 11.6 Å². The van der Waals surface area contributed by atoms with E-state index in [2.05, 4.69) is 0 Å². The number of likely N-dealkylation sites (tertiary alicyclic amines) is 1. The number of alkyl halides is 1. The molecule has 4 nitrogen and oxygen atoms in total. The van der Waals surface area contributed by atoms with Gasteiger partial charge in [0.25, 0.3) is 0 Å². The highest BCUT2D eigenvalue weighted by atomic mass is 35.5. The molecule has 0 bridgehead atoms. The van der Waals surface area contributed by atoms with E-state index in [0.29, 0.717) is 13.1 Å². The second-order valence-electron chi connectivity index (χ2n) is 5.39. The van der Waals surface area contributed by atoms with Crippen molar-refractivity contribution in [3.05, 3.63) is 0 Å². The zero-order valence-corrected chi connectivity index (χ0v) is 11.4. The molecule has 0 unspecified atom stereocenters. The number of amides is 1. The van der Waals surface area contributed by atoms with Crippen molar-refractivity contribution in [1.82, 2.24) is 4.90 Å². The molecule has 1 heterocycles. The van der Waals surface area contributed by atoms with Gasteiger partial charge in [-0.3, -0.25) is 0 Å². The second-order valence-corrected chi connectivity index (χ2v) is 5.89. The van der Waals surface area contributed by atoms with Crippen molar-refractivity contribution in [1.29, 1.82) is 0 Å². The maximum Gasteiger partial charge on any atom is 0.410 e. The summed E-state index contributed by atoms with van der Waals surface area (Å²) >= 11 is 5.88. The van der Waals surface area contributed by atoms with Gasteiger partial charge in [-0.1, -0.05) is 0 Å². The fourth-order valence-electron chi connectivity index (χ4n) is 1.84. The Balaban J connectivity index is 2.41. The van der Waals surface area contributed by atoms with Gasteiger partial charge in [0.15, 0.2) is 0 Å². The topological polar surface area (TPSA) is 46.6 Å². The van der Waals surface area contributed by atoms with Gasteiger partial charge in [-0.2, -0.15) is 0 Å². The van der Waals surface area contributed by atoms with E-state index in [1.165, 1.54) is 0 Å². The molecule has 0 radical (unpaired) electrons. The van der Waals surface area contributed by atoms with Crippen LogP contribution in [0.15, 0.2) is 0 Å². The van der Waals surface area contributed by atoms with Crippen LogP contribution in [0.2, 0.25) is 0 Å². The Morgan fingerprint density at radius 1 is 1.41 bits per heavy atom. The molecule has 0 aromatic carbocycles. The van der Waals surface area contributed by atoms with E-state index in [1.54, 1.807) is 4.90 Å². The smallest absolute Gasteiger partial charge is 0.410 e. The maximum absolute atomic E-state index is 11.8. The fraction of sp³-hybridized carbons (Fsp3) is 0.833. The van der Waals surface area contributed by atoms with Crippen molar-refractivity contribution >= 4 is 24.0 Å². The van der Waals surface area contributed by atoms with E-state index < -0.39 is 11.0 Å². The lowest BCUT2D eigenvalue weighted by atomic mass is 9.94. The van der Waals surface area contributed by atoms with Crippen LogP contribution in [0.4, 0.5) is 4.79 Å². The predicted octanol–water partition coefficient (Wildman–Crippen LogP) is 2.44. The molecule has 1 atom stereocenters. The van der Waals surface area contributed by atoms with Gasteiger partial charge >= 0.3 is 6.09 Å². The molecule has 0 spiro atoms. The highest BCUT2D eigenvalue weighted by molar-refractivity contribution is 6.27. The summed E-state index contributed by atoms with van der Waals surface area (Å²) in [6.07, 6.45) is 2.00. The number of hydrogen-bond donors (Lipinski definition) is 0. The van der Waals surface area contributed by atoms with Crippen LogP contribution < -0.4 is 0 Å². The molecular weight excluding hydrogens is 242 g/mol. The minimum Gasteiger partial charge on any atom is -0.444 e. The quantitative estimate of drug-likeness (QED) is 0.567. The number of nitrogens with zero attached hydrogens (tertiary/aromatic N) is 1.